The Bertz CT molecular complexity index is 1110. The van der Waals surface area contributed by atoms with Crippen molar-refractivity contribution in [3.63, 3.8) is 0 Å². The average Bonchev–Trinajstić information content (AvgIpc) is 2.95. The molecule has 3 aromatic rings. The third-order valence-corrected chi connectivity index (χ3v) is 7.30. The molecule has 0 radical (unpaired) electrons. The van der Waals surface area contributed by atoms with E-state index in [0.717, 1.165) is 55.0 Å². The van der Waals surface area contributed by atoms with E-state index in [1.807, 2.05) is 43.3 Å². The zero-order chi connectivity index (χ0) is 27.5. The molecule has 0 bridgehead atoms. The van der Waals surface area contributed by atoms with E-state index in [1.165, 1.54) is 11.1 Å². The maximum Gasteiger partial charge on any atom is 0.160 e. The van der Waals surface area contributed by atoms with Gasteiger partial charge in [0.25, 0.3) is 0 Å². The Kier molecular flexibility index (Phi) is 10.9. The van der Waals surface area contributed by atoms with Gasteiger partial charge in [0.2, 0.25) is 0 Å². The van der Waals surface area contributed by atoms with Crippen molar-refractivity contribution in [1.82, 2.24) is 4.90 Å². The fraction of sp³-hybridized carbons (Fsp3) is 0.438. The summed E-state index contributed by atoms with van der Waals surface area (Å²) in [7, 11) is 6.65. The molecule has 0 spiro atoms. The average molecular weight is 522 g/mol. The molecular formula is C32H43NO5. The van der Waals surface area contributed by atoms with Crippen LogP contribution in [0, 0.1) is 0 Å². The van der Waals surface area contributed by atoms with E-state index in [2.05, 4.69) is 42.2 Å². The number of benzene rings is 3. The summed E-state index contributed by atoms with van der Waals surface area (Å²) in [5.41, 5.74) is 2.60. The molecule has 2 atom stereocenters. The minimum Gasteiger partial charge on any atom is -0.497 e. The van der Waals surface area contributed by atoms with E-state index in [9.17, 15) is 5.11 Å². The molecule has 2 unspecified atom stereocenters. The summed E-state index contributed by atoms with van der Waals surface area (Å²) in [6.45, 7) is 4.86. The van der Waals surface area contributed by atoms with Crippen molar-refractivity contribution in [2.45, 2.75) is 57.7 Å². The van der Waals surface area contributed by atoms with Gasteiger partial charge in [-0.25, -0.2) is 0 Å². The molecular weight excluding hydrogens is 478 g/mol. The van der Waals surface area contributed by atoms with Gasteiger partial charge in [-0.1, -0.05) is 30.3 Å². The number of nitrogens with zero attached hydrogens (tertiary/aromatic N) is 1. The second-order valence-electron chi connectivity index (χ2n) is 9.93. The molecule has 3 aromatic carbocycles. The van der Waals surface area contributed by atoms with Gasteiger partial charge >= 0.3 is 0 Å². The van der Waals surface area contributed by atoms with Gasteiger partial charge in [-0.05, 0) is 99.0 Å². The standard InChI is InChI=1S/C32H43NO5/c1-24(7-8-25-9-14-28(35-3)15-10-25)33(22-20-27-13-18-30(37-5)31(23-27)38-6)32(2,34)21-19-26-11-16-29(36-4)17-12-26/h9-18,23-24,34H,7-8,19-22H2,1-6H3. The molecule has 38 heavy (non-hydrogen) atoms. The Hall–Kier alpha value is -3.22. The van der Waals surface area contributed by atoms with Gasteiger partial charge in [0.05, 0.1) is 28.4 Å². The zero-order valence-corrected chi connectivity index (χ0v) is 23.7. The molecule has 0 amide bonds. The minimum absolute atomic E-state index is 0.170. The van der Waals surface area contributed by atoms with Crippen LogP contribution in [0.3, 0.4) is 0 Å². The first kappa shape index (κ1) is 29.3. The van der Waals surface area contributed by atoms with E-state index < -0.39 is 5.72 Å². The number of aliphatic hydroxyl groups is 1. The Morgan fingerprint density at radius 3 is 1.74 bits per heavy atom. The smallest absolute Gasteiger partial charge is 0.160 e. The summed E-state index contributed by atoms with van der Waals surface area (Å²) in [6, 6.07) is 22.5. The predicted octanol–water partition coefficient (Wildman–Crippen LogP) is 5.93. The zero-order valence-electron chi connectivity index (χ0n) is 23.7. The first-order chi connectivity index (χ1) is 18.3. The lowest BCUT2D eigenvalue weighted by Crippen LogP contribution is -2.52. The summed E-state index contributed by atoms with van der Waals surface area (Å²) >= 11 is 0. The summed E-state index contributed by atoms with van der Waals surface area (Å²) in [6.07, 6.45) is 4.03. The highest BCUT2D eigenvalue weighted by atomic mass is 16.5. The van der Waals surface area contributed by atoms with Gasteiger partial charge in [-0.2, -0.15) is 0 Å². The topological polar surface area (TPSA) is 60.4 Å². The lowest BCUT2D eigenvalue weighted by atomic mass is 9.97. The third-order valence-electron chi connectivity index (χ3n) is 7.30. The monoisotopic (exact) mass is 521 g/mol. The van der Waals surface area contributed by atoms with Crippen molar-refractivity contribution in [2.75, 3.05) is 35.0 Å². The van der Waals surface area contributed by atoms with Crippen LogP contribution in [0.25, 0.3) is 0 Å². The van der Waals surface area contributed by atoms with Gasteiger partial charge in [0, 0.05) is 12.6 Å². The summed E-state index contributed by atoms with van der Waals surface area (Å²) in [5, 5.41) is 11.8. The number of hydrogen-bond donors (Lipinski definition) is 1. The van der Waals surface area contributed by atoms with Gasteiger partial charge in [0.1, 0.15) is 17.2 Å². The van der Waals surface area contributed by atoms with Crippen molar-refractivity contribution in [1.29, 1.82) is 0 Å². The first-order valence-corrected chi connectivity index (χ1v) is 13.3. The molecule has 1 N–H and O–H groups in total. The van der Waals surface area contributed by atoms with Crippen molar-refractivity contribution >= 4 is 0 Å². The van der Waals surface area contributed by atoms with E-state index in [-0.39, 0.29) is 6.04 Å². The van der Waals surface area contributed by atoms with Gasteiger partial charge in [-0.3, -0.25) is 4.90 Å². The lowest BCUT2D eigenvalue weighted by Gasteiger charge is -2.41. The van der Waals surface area contributed by atoms with Crippen LogP contribution in [0.15, 0.2) is 66.7 Å². The van der Waals surface area contributed by atoms with Gasteiger partial charge in [0.15, 0.2) is 11.5 Å². The largest absolute Gasteiger partial charge is 0.497 e. The van der Waals surface area contributed by atoms with Crippen molar-refractivity contribution < 1.29 is 24.1 Å². The highest BCUT2D eigenvalue weighted by Gasteiger charge is 2.32. The van der Waals surface area contributed by atoms with Crippen LogP contribution in [0.5, 0.6) is 23.0 Å². The summed E-state index contributed by atoms with van der Waals surface area (Å²) in [5.74, 6) is 3.13. The van der Waals surface area contributed by atoms with Crippen LogP contribution in [-0.4, -0.2) is 56.8 Å². The van der Waals surface area contributed by atoms with E-state index in [4.69, 9.17) is 18.9 Å². The lowest BCUT2D eigenvalue weighted by molar-refractivity contribution is -0.118. The molecule has 6 heteroatoms. The Labute approximate surface area is 228 Å². The van der Waals surface area contributed by atoms with Crippen LogP contribution in [0.1, 0.15) is 43.4 Å². The number of rotatable bonds is 15. The fourth-order valence-corrected chi connectivity index (χ4v) is 4.86. The van der Waals surface area contributed by atoms with Crippen LogP contribution >= 0.6 is 0 Å². The number of methoxy groups -OCH3 is 4. The third kappa shape index (κ3) is 8.14. The molecule has 0 saturated heterocycles. The molecule has 0 heterocycles. The molecule has 0 aromatic heterocycles. The molecule has 0 aliphatic heterocycles. The Morgan fingerprint density at radius 1 is 0.684 bits per heavy atom. The second kappa shape index (κ2) is 14.1. The quantitative estimate of drug-likeness (QED) is 0.250. The molecule has 0 fully saturated rings. The van der Waals surface area contributed by atoms with E-state index >= 15 is 0 Å². The summed E-state index contributed by atoms with van der Waals surface area (Å²) < 4.78 is 21.5. The molecule has 0 aliphatic rings. The Balaban J connectivity index is 1.73. The van der Waals surface area contributed by atoms with Crippen LogP contribution in [0.2, 0.25) is 0 Å². The minimum atomic E-state index is -0.976. The predicted molar refractivity (Wildman–Crippen MR) is 153 cm³/mol. The maximum absolute atomic E-state index is 11.8. The van der Waals surface area contributed by atoms with Crippen LogP contribution in [-0.2, 0) is 19.3 Å². The van der Waals surface area contributed by atoms with Crippen molar-refractivity contribution in [3.05, 3.63) is 83.4 Å². The highest BCUT2D eigenvalue weighted by Crippen LogP contribution is 2.29. The number of aryl methyl sites for hydroxylation is 2. The van der Waals surface area contributed by atoms with Gasteiger partial charge < -0.3 is 24.1 Å². The van der Waals surface area contributed by atoms with Crippen molar-refractivity contribution in [2.24, 2.45) is 0 Å². The van der Waals surface area contributed by atoms with E-state index in [0.29, 0.717) is 12.2 Å². The van der Waals surface area contributed by atoms with Crippen molar-refractivity contribution in [3.8, 4) is 23.0 Å². The number of ether oxygens (including phenoxy) is 4. The molecule has 0 saturated carbocycles. The van der Waals surface area contributed by atoms with Gasteiger partial charge in [-0.15, -0.1) is 0 Å². The number of hydrogen-bond acceptors (Lipinski definition) is 6. The normalized spacial score (nSPS) is 13.6. The van der Waals surface area contributed by atoms with Crippen LogP contribution < -0.4 is 18.9 Å². The van der Waals surface area contributed by atoms with E-state index in [1.54, 1.807) is 28.4 Å². The highest BCUT2D eigenvalue weighted by molar-refractivity contribution is 5.43. The molecule has 3 rings (SSSR count). The molecule has 206 valence electrons. The first-order valence-electron chi connectivity index (χ1n) is 13.3. The maximum atomic E-state index is 11.8. The second-order valence-corrected chi connectivity index (χ2v) is 9.93. The molecule has 0 aliphatic carbocycles. The SMILES string of the molecule is COc1ccc(CCC(C)N(CCc2ccc(OC)c(OC)c2)C(C)(O)CCc2ccc(OC)cc2)cc1. The Morgan fingerprint density at radius 2 is 1.21 bits per heavy atom. The molecule has 6 nitrogen and oxygen atoms in total. The summed E-state index contributed by atoms with van der Waals surface area (Å²) in [4.78, 5) is 2.25. The van der Waals surface area contributed by atoms with Crippen LogP contribution in [0.4, 0.5) is 0 Å². The fourth-order valence-electron chi connectivity index (χ4n) is 4.86.